The zero-order valence-corrected chi connectivity index (χ0v) is 19.9. The summed E-state index contributed by atoms with van der Waals surface area (Å²) < 4.78 is 35.4. The molecule has 0 unspecified atom stereocenters. The number of benzene rings is 2. The van der Waals surface area contributed by atoms with E-state index in [-0.39, 0.29) is 10.8 Å². The fourth-order valence-corrected chi connectivity index (χ4v) is 6.97. The van der Waals surface area contributed by atoms with Crippen molar-refractivity contribution in [2.75, 3.05) is 43.1 Å². The van der Waals surface area contributed by atoms with Crippen LogP contribution in [0.4, 0.5) is 10.8 Å². The first-order valence-electron chi connectivity index (χ1n) is 11.2. The summed E-state index contributed by atoms with van der Waals surface area (Å²) in [5.74, 6) is 0.195. The highest BCUT2D eigenvalue weighted by atomic mass is 32.2. The fourth-order valence-electron chi connectivity index (χ4n) is 4.69. The monoisotopic (exact) mass is 497 g/mol. The Labute approximate surface area is 201 Å². The van der Waals surface area contributed by atoms with Crippen LogP contribution in [0.25, 0.3) is 10.2 Å². The van der Waals surface area contributed by atoms with Crippen LogP contribution in [0.5, 0.6) is 0 Å². The van der Waals surface area contributed by atoms with E-state index in [2.05, 4.69) is 14.6 Å². The van der Waals surface area contributed by atoms with Crippen LogP contribution < -0.4 is 10.2 Å². The van der Waals surface area contributed by atoms with Crippen LogP contribution in [0.15, 0.2) is 51.8 Å². The predicted octanol–water partition coefficient (Wildman–Crippen LogP) is 2.68. The number of aromatic nitrogens is 1. The van der Waals surface area contributed by atoms with Crippen molar-refractivity contribution in [1.82, 2.24) is 9.88 Å². The number of hydrogen-bond acceptors (Lipinski definition) is 8. The summed E-state index contributed by atoms with van der Waals surface area (Å²) >= 11 is 1.60. The molecule has 6 rings (SSSR count). The number of rotatable bonds is 3. The summed E-state index contributed by atoms with van der Waals surface area (Å²) in [5.41, 5.74) is 2.15. The first-order chi connectivity index (χ1) is 16.5. The maximum absolute atomic E-state index is 13.3. The third-order valence-electron chi connectivity index (χ3n) is 6.37. The second kappa shape index (κ2) is 8.33. The van der Waals surface area contributed by atoms with Gasteiger partial charge < -0.3 is 19.9 Å². The van der Waals surface area contributed by atoms with E-state index in [0.29, 0.717) is 43.3 Å². The summed E-state index contributed by atoms with van der Waals surface area (Å²) in [6.45, 7) is 3.63. The van der Waals surface area contributed by atoms with Crippen LogP contribution in [0, 0.1) is 0 Å². The Morgan fingerprint density at radius 2 is 1.94 bits per heavy atom. The second-order valence-corrected chi connectivity index (χ2v) is 11.1. The average Bonchev–Trinajstić information content (AvgIpc) is 3.56. The Morgan fingerprint density at radius 3 is 2.79 bits per heavy atom. The number of morpholine rings is 1. The van der Waals surface area contributed by atoms with Crippen molar-refractivity contribution in [1.29, 1.82) is 0 Å². The number of carbonyl (C=O) groups is 1. The van der Waals surface area contributed by atoms with Gasteiger partial charge in [0.1, 0.15) is 10.9 Å². The lowest BCUT2D eigenvalue weighted by molar-refractivity contribution is -0.119. The maximum atomic E-state index is 13.3. The van der Waals surface area contributed by atoms with E-state index in [9.17, 15) is 13.2 Å². The molecule has 0 aliphatic carbocycles. The number of amidine groups is 1. The number of amides is 1. The Bertz CT molecular complexity index is 1410. The molecule has 0 radical (unpaired) electrons. The third kappa shape index (κ3) is 3.73. The van der Waals surface area contributed by atoms with Crippen molar-refractivity contribution in [3.05, 3.63) is 48.0 Å². The molecule has 1 atom stereocenters. The minimum Gasteiger partial charge on any atom is -0.378 e. The first kappa shape index (κ1) is 21.5. The van der Waals surface area contributed by atoms with Crippen LogP contribution in [-0.4, -0.2) is 68.9 Å². The van der Waals surface area contributed by atoms with E-state index in [0.717, 1.165) is 34.9 Å². The number of fused-ring (bicyclic) bond motifs is 2. The number of thiazole rings is 1. The normalized spacial score (nSPS) is 21.5. The summed E-state index contributed by atoms with van der Waals surface area (Å²) in [4.78, 5) is 22.2. The van der Waals surface area contributed by atoms with Gasteiger partial charge in [0.05, 0.1) is 23.4 Å². The molecule has 0 saturated carbocycles. The Hall–Kier alpha value is -3.02. The molecule has 1 N–H and O–H groups in total. The molecule has 4 heterocycles. The number of carbonyl (C=O) groups excluding carboxylic acids is 1. The van der Waals surface area contributed by atoms with Crippen LogP contribution in [0.3, 0.4) is 0 Å². The molecular weight excluding hydrogens is 474 g/mol. The molecule has 11 heteroatoms. The van der Waals surface area contributed by atoms with E-state index in [4.69, 9.17) is 9.72 Å². The van der Waals surface area contributed by atoms with E-state index in [1.165, 1.54) is 0 Å². The molecule has 0 spiro atoms. The molecule has 3 aromatic rings. The number of ether oxygens (including phenoxy) is 1. The van der Waals surface area contributed by atoms with Gasteiger partial charge in [0.2, 0.25) is 5.91 Å². The largest absolute Gasteiger partial charge is 0.378 e. The molecular formula is C23H23N5O4S2. The van der Waals surface area contributed by atoms with Crippen molar-refractivity contribution in [3.8, 4) is 0 Å². The van der Waals surface area contributed by atoms with Gasteiger partial charge in [0, 0.05) is 30.9 Å². The van der Waals surface area contributed by atoms with E-state index < -0.39 is 16.1 Å². The molecule has 2 aromatic carbocycles. The van der Waals surface area contributed by atoms with Gasteiger partial charge in [-0.2, -0.15) is 8.42 Å². The molecule has 9 nitrogen and oxygen atoms in total. The smallest absolute Gasteiger partial charge is 0.285 e. The van der Waals surface area contributed by atoms with Crippen LogP contribution in [0.2, 0.25) is 0 Å². The van der Waals surface area contributed by atoms with Crippen molar-refractivity contribution < 1.29 is 17.9 Å². The van der Waals surface area contributed by atoms with Gasteiger partial charge in [0.15, 0.2) is 11.0 Å². The minimum absolute atomic E-state index is 0.167. The number of anilines is 2. The van der Waals surface area contributed by atoms with Gasteiger partial charge in [-0.3, -0.25) is 4.79 Å². The van der Waals surface area contributed by atoms with Gasteiger partial charge in [-0.1, -0.05) is 23.5 Å². The molecule has 0 bridgehead atoms. The standard InChI is InChI=1S/C23H23N5O4S2/c29-22(18-5-3-9-28(18)21-16-4-1-2-6-20(16)34(30,31)26-21)24-15-7-8-17-19(14-15)33-23(25-17)27-10-12-32-13-11-27/h1-2,4,6-8,14,18H,3,5,9-13H2,(H,24,29)/t18-/m0/s1. The SMILES string of the molecule is O=C(Nc1ccc2nc(N3CCOCC3)sc2c1)[C@@H]1CCCN1C1=NS(=O)(=O)c2ccccc21. The number of hydrogen-bond donors (Lipinski definition) is 1. The Morgan fingerprint density at radius 1 is 1.12 bits per heavy atom. The quantitative estimate of drug-likeness (QED) is 0.593. The van der Waals surface area contributed by atoms with Gasteiger partial charge in [-0.15, -0.1) is 4.40 Å². The van der Waals surface area contributed by atoms with Gasteiger partial charge in [-0.05, 0) is 43.2 Å². The number of nitrogens with one attached hydrogen (secondary N) is 1. The predicted molar refractivity (Wildman–Crippen MR) is 131 cm³/mol. The highest BCUT2D eigenvalue weighted by Crippen LogP contribution is 2.33. The van der Waals surface area contributed by atoms with Crippen molar-refractivity contribution in [3.63, 3.8) is 0 Å². The molecule has 2 fully saturated rings. The summed E-state index contributed by atoms with van der Waals surface area (Å²) in [6, 6.07) is 12.0. The lowest BCUT2D eigenvalue weighted by Gasteiger charge is -2.25. The lowest BCUT2D eigenvalue weighted by Crippen LogP contribution is -2.43. The van der Waals surface area contributed by atoms with Crippen LogP contribution >= 0.6 is 11.3 Å². The highest BCUT2D eigenvalue weighted by molar-refractivity contribution is 7.90. The van der Waals surface area contributed by atoms with E-state index in [1.54, 1.807) is 35.6 Å². The molecule has 3 aliphatic rings. The molecule has 1 aromatic heterocycles. The second-order valence-electron chi connectivity index (χ2n) is 8.51. The number of likely N-dealkylation sites (tertiary alicyclic amines) is 1. The van der Waals surface area contributed by atoms with Crippen molar-refractivity contribution in [2.45, 2.75) is 23.8 Å². The van der Waals surface area contributed by atoms with Crippen LogP contribution in [0.1, 0.15) is 18.4 Å². The summed E-state index contributed by atoms with van der Waals surface area (Å²) in [7, 11) is -3.73. The van der Waals surface area contributed by atoms with Gasteiger partial charge >= 0.3 is 0 Å². The Balaban J connectivity index is 1.23. The van der Waals surface area contributed by atoms with Gasteiger partial charge in [-0.25, -0.2) is 4.98 Å². The Kier molecular flexibility index (Phi) is 5.27. The molecule has 2 saturated heterocycles. The lowest BCUT2D eigenvalue weighted by atomic mass is 10.1. The average molecular weight is 498 g/mol. The third-order valence-corrected chi connectivity index (χ3v) is 8.77. The maximum Gasteiger partial charge on any atom is 0.285 e. The first-order valence-corrected chi connectivity index (χ1v) is 13.5. The molecule has 1 amide bonds. The molecule has 34 heavy (non-hydrogen) atoms. The highest BCUT2D eigenvalue weighted by Gasteiger charge is 2.39. The van der Waals surface area contributed by atoms with Crippen LogP contribution in [-0.2, 0) is 19.6 Å². The van der Waals surface area contributed by atoms with Gasteiger partial charge in [0.25, 0.3) is 10.0 Å². The summed E-state index contributed by atoms with van der Waals surface area (Å²) in [5, 5.41) is 3.98. The zero-order valence-electron chi connectivity index (χ0n) is 18.3. The topological polar surface area (TPSA) is 104 Å². The van der Waals surface area contributed by atoms with Crippen molar-refractivity contribution in [2.24, 2.45) is 4.40 Å². The fraction of sp³-hybridized carbons (Fsp3) is 0.348. The molecule has 176 valence electrons. The summed E-state index contributed by atoms with van der Waals surface area (Å²) in [6.07, 6.45) is 1.42. The number of sulfonamides is 1. The number of nitrogens with zero attached hydrogens (tertiary/aromatic N) is 4. The van der Waals surface area contributed by atoms with Crippen molar-refractivity contribution >= 4 is 54.1 Å². The van der Waals surface area contributed by atoms with E-state index >= 15 is 0 Å². The zero-order chi connectivity index (χ0) is 23.3. The molecule has 3 aliphatic heterocycles. The van der Waals surface area contributed by atoms with E-state index in [1.807, 2.05) is 23.1 Å². The minimum atomic E-state index is -3.73.